The van der Waals surface area contributed by atoms with Crippen LogP contribution in [-0.2, 0) is 13.0 Å². The molecule has 2 amide bonds. The van der Waals surface area contributed by atoms with E-state index in [1.807, 2.05) is 38.2 Å². The lowest BCUT2D eigenvalue weighted by Crippen LogP contribution is -2.48. The molecule has 8 nitrogen and oxygen atoms in total. The first-order valence-electron chi connectivity index (χ1n) is 9.22. The summed E-state index contributed by atoms with van der Waals surface area (Å²) in [4.78, 5) is 28.2. The van der Waals surface area contributed by atoms with Crippen LogP contribution in [0.15, 0.2) is 24.4 Å². The minimum absolute atomic E-state index is 0.0219. The van der Waals surface area contributed by atoms with Crippen LogP contribution in [0, 0.1) is 5.92 Å². The van der Waals surface area contributed by atoms with Crippen LogP contribution in [0.2, 0.25) is 5.02 Å². The van der Waals surface area contributed by atoms with Crippen molar-refractivity contribution in [3.63, 3.8) is 0 Å². The number of benzene rings is 1. The number of fused-ring (bicyclic) bond motifs is 2. The smallest absolute Gasteiger partial charge is 0.274 e. The molecule has 3 N–H and O–H groups in total. The second-order valence-electron chi connectivity index (χ2n) is 7.30. The van der Waals surface area contributed by atoms with Gasteiger partial charge in [-0.3, -0.25) is 9.59 Å². The molecule has 1 unspecified atom stereocenters. The van der Waals surface area contributed by atoms with Crippen molar-refractivity contribution in [3.8, 4) is 0 Å². The van der Waals surface area contributed by atoms with Crippen molar-refractivity contribution in [2.75, 3.05) is 6.54 Å². The number of hydrogen-bond acceptors (Lipinski definition) is 4. The van der Waals surface area contributed by atoms with Crippen molar-refractivity contribution in [2.24, 2.45) is 5.92 Å². The largest absolute Gasteiger partial charge is 0.361 e. The topological polar surface area (TPSA) is 105 Å². The third-order valence-electron chi connectivity index (χ3n) is 5.07. The molecule has 3 aromatic rings. The predicted octanol–water partition coefficient (Wildman–Crippen LogP) is 2.15. The van der Waals surface area contributed by atoms with Crippen LogP contribution in [0.1, 0.15) is 40.4 Å². The van der Waals surface area contributed by atoms with E-state index in [0.29, 0.717) is 24.5 Å². The first-order chi connectivity index (χ1) is 13.4. The molecule has 4 rings (SSSR count). The minimum atomic E-state index is -0.405. The average Bonchev–Trinajstić information content (AvgIpc) is 3.26. The number of carbonyl (C=O) groups excluding carboxylic acids is 2. The van der Waals surface area contributed by atoms with E-state index in [0.717, 1.165) is 16.5 Å². The summed E-state index contributed by atoms with van der Waals surface area (Å²) in [5.74, 6) is -0.452. The highest BCUT2D eigenvalue weighted by Gasteiger charge is 2.32. The van der Waals surface area contributed by atoms with Crippen molar-refractivity contribution in [1.82, 2.24) is 30.6 Å². The third kappa shape index (κ3) is 3.35. The lowest BCUT2D eigenvalue weighted by molar-refractivity contribution is 0.0862. The van der Waals surface area contributed by atoms with Crippen LogP contribution >= 0.6 is 11.6 Å². The highest BCUT2D eigenvalue weighted by molar-refractivity contribution is 6.31. The number of hydrogen-bond donors (Lipinski definition) is 3. The predicted molar refractivity (Wildman–Crippen MR) is 105 cm³/mol. The maximum Gasteiger partial charge on any atom is 0.274 e. The summed E-state index contributed by atoms with van der Waals surface area (Å²) in [6.45, 7) is 4.97. The van der Waals surface area contributed by atoms with Crippen molar-refractivity contribution >= 4 is 34.3 Å². The normalized spacial score (nSPS) is 16.3. The van der Waals surface area contributed by atoms with Gasteiger partial charge >= 0.3 is 0 Å². The Morgan fingerprint density at radius 3 is 3.04 bits per heavy atom. The molecular weight excluding hydrogens is 380 g/mol. The molecule has 28 heavy (non-hydrogen) atoms. The van der Waals surface area contributed by atoms with E-state index in [1.165, 1.54) is 4.68 Å². The molecule has 1 aromatic carbocycles. The van der Waals surface area contributed by atoms with Gasteiger partial charge < -0.3 is 15.6 Å². The van der Waals surface area contributed by atoms with Crippen LogP contribution in [0.5, 0.6) is 0 Å². The van der Waals surface area contributed by atoms with Gasteiger partial charge in [0.2, 0.25) is 0 Å². The molecule has 3 heterocycles. The fourth-order valence-electron chi connectivity index (χ4n) is 3.42. The van der Waals surface area contributed by atoms with Crippen LogP contribution in [-0.4, -0.2) is 44.4 Å². The Morgan fingerprint density at radius 1 is 1.43 bits per heavy atom. The highest BCUT2D eigenvalue weighted by atomic mass is 35.5. The molecule has 2 aromatic heterocycles. The van der Waals surface area contributed by atoms with Gasteiger partial charge in [-0.05, 0) is 36.1 Å². The lowest BCUT2D eigenvalue weighted by atomic mass is 10.0. The molecule has 0 saturated heterocycles. The molecule has 0 radical (unpaired) electrons. The number of rotatable bonds is 5. The molecular formula is C19H21ClN6O2. The number of carbonyl (C=O) groups is 2. The molecule has 0 bridgehead atoms. The Bertz CT molecular complexity index is 1050. The summed E-state index contributed by atoms with van der Waals surface area (Å²) in [5, 5.41) is 15.4. The molecule has 146 valence electrons. The first-order valence-corrected chi connectivity index (χ1v) is 9.60. The third-order valence-corrected chi connectivity index (χ3v) is 5.30. The van der Waals surface area contributed by atoms with Crippen LogP contribution in [0.4, 0.5) is 0 Å². The Balaban J connectivity index is 1.44. The summed E-state index contributed by atoms with van der Waals surface area (Å²) in [6, 6.07) is 5.63. The van der Waals surface area contributed by atoms with Crippen molar-refractivity contribution in [1.29, 1.82) is 0 Å². The lowest BCUT2D eigenvalue weighted by Gasteiger charge is -2.27. The van der Waals surface area contributed by atoms with Gasteiger partial charge in [-0.15, -0.1) is 5.10 Å². The summed E-state index contributed by atoms with van der Waals surface area (Å²) >= 11 is 6.07. The van der Waals surface area contributed by atoms with E-state index in [-0.39, 0.29) is 29.3 Å². The van der Waals surface area contributed by atoms with E-state index in [4.69, 9.17) is 11.6 Å². The van der Waals surface area contributed by atoms with Gasteiger partial charge in [0.05, 0.1) is 12.6 Å². The van der Waals surface area contributed by atoms with E-state index >= 15 is 0 Å². The number of aromatic amines is 1. The zero-order valence-electron chi connectivity index (χ0n) is 15.6. The number of aromatic nitrogens is 4. The summed E-state index contributed by atoms with van der Waals surface area (Å²) in [7, 11) is 0. The molecule has 1 atom stereocenters. The first kappa shape index (κ1) is 18.5. The van der Waals surface area contributed by atoms with Gasteiger partial charge in [-0.1, -0.05) is 30.7 Å². The Labute approximate surface area is 166 Å². The summed E-state index contributed by atoms with van der Waals surface area (Å²) in [5.41, 5.74) is 2.32. The van der Waals surface area contributed by atoms with Gasteiger partial charge in [0.15, 0.2) is 11.4 Å². The van der Waals surface area contributed by atoms with Gasteiger partial charge in [0.25, 0.3) is 11.8 Å². The molecule has 1 aliphatic heterocycles. The summed E-state index contributed by atoms with van der Waals surface area (Å²) in [6.07, 6.45) is 2.53. The fourth-order valence-corrected chi connectivity index (χ4v) is 3.59. The van der Waals surface area contributed by atoms with Gasteiger partial charge in [0, 0.05) is 28.7 Å². The second kappa shape index (κ2) is 7.27. The Hall–Kier alpha value is -2.87. The summed E-state index contributed by atoms with van der Waals surface area (Å²) < 4.78 is 1.51. The van der Waals surface area contributed by atoms with E-state index < -0.39 is 5.91 Å². The second-order valence-corrected chi connectivity index (χ2v) is 7.74. The highest BCUT2D eigenvalue weighted by Crippen LogP contribution is 2.22. The SMILES string of the molecule is CC(C)C1Cn2nnc(C(=O)NCCc3c[nH]c4ccc(Cl)cc34)c2C(=O)N1. The van der Waals surface area contributed by atoms with E-state index in [1.54, 1.807) is 0 Å². The van der Waals surface area contributed by atoms with Gasteiger partial charge in [-0.25, -0.2) is 4.68 Å². The zero-order chi connectivity index (χ0) is 19.8. The van der Waals surface area contributed by atoms with E-state index in [9.17, 15) is 9.59 Å². The van der Waals surface area contributed by atoms with Crippen molar-refractivity contribution in [3.05, 3.63) is 46.4 Å². The number of H-pyrrole nitrogens is 1. The number of amides is 2. The molecule has 1 aliphatic rings. The van der Waals surface area contributed by atoms with E-state index in [2.05, 4.69) is 25.9 Å². The molecule has 0 aliphatic carbocycles. The maximum atomic E-state index is 12.5. The molecule has 0 spiro atoms. The van der Waals surface area contributed by atoms with Crippen LogP contribution < -0.4 is 10.6 Å². The average molecular weight is 401 g/mol. The monoisotopic (exact) mass is 400 g/mol. The molecule has 0 fully saturated rings. The minimum Gasteiger partial charge on any atom is -0.361 e. The number of nitrogens with one attached hydrogen (secondary N) is 3. The van der Waals surface area contributed by atoms with Crippen LogP contribution in [0.25, 0.3) is 10.9 Å². The van der Waals surface area contributed by atoms with Crippen molar-refractivity contribution in [2.45, 2.75) is 32.9 Å². The van der Waals surface area contributed by atoms with Gasteiger partial charge in [0.1, 0.15) is 0 Å². The number of nitrogens with zero attached hydrogens (tertiary/aromatic N) is 3. The zero-order valence-corrected chi connectivity index (χ0v) is 16.4. The van der Waals surface area contributed by atoms with Crippen molar-refractivity contribution < 1.29 is 9.59 Å². The quantitative estimate of drug-likeness (QED) is 0.610. The fraction of sp³-hybridized carbons (Fsp3) is 0.368. The molecule has 0 saturated carbocycles. The molecule has 9 heteroatoms. The van der Waals surface area contributed by atoms with Crippen LogP contribution in [0.3, 0.4) is 0 Å². The Kier molecular flexibility index (Phi) is 4.80. The maximum absolute atomic E-state index is 12.5. The Morgan fingerprint density at radius 2 is 2.25 bits per heavy atom. The standard InChI is InChI=1S/C19H21ClN6O2/c1-10(2)15-9-26-17(19(28)23-15)16(24-25-26)18(27)21-6-5-11-8-22-14-4-3-12(20)7-13(11)14/h3-4,7-8,10,15,22H,5-6,9H2,1-2H3,(H,21,27)(H,23,28). The number of halogens is 1. The van der Waals surface area contributed by atoms with Gasteiger partial charge in [-0.2, -0.15) is 0 Å².